The summed E-state index contributed by atoms with van der Waals surface area (Å²) in [6.07, 6.45) is 0.828. The molecule has 2 aromatic carbocycles. The largest absolute Gasteiger partial charge is 0.491 e. The number of anilines is 1. The summed E-state index contributed by atoms with van der Waals surface area (Å²) < 4.78 is 5.64. The van der Waals surface area contributed by atoms with Crippen molar-refractivity contribution < 1.29 is 9.53 Å². The van der Waals surface area contributed by atoms with Gasteiger partial charge in [-0.3, -0.25) is 4.79 Å². The number of carbonyl (C=O) groups excluding carboxylic acids is 1. The summed E-state index contributed by atoms with van der Waals surface area (Å²) in [6.45, 7) is 2.08. The molecule has 0 saturated heterocycles. The van der Waals surface area contributed by atoms with E-state index in [0.717, 1.165) is 6.42 Å². The van der Waals surface area contributed by atoms with Crippen LogP contribution in [0.2, 0.25) is 0 Å². The van der Waals surface area contributed by atoms with E-state index in [2.05, 4.69) is 12.1 Å². The Labute approximate surface area is 113 Å². The average Bonchev–Trinajstić information content (AvgIpc) is 2.41. The molecule has 0 spiro atoms. The molecule has 0 aliphatic carbocycles. The standard InChI is InChI=1S/C16H17NO2/c1-12(18)14-7-8-16(15(17)11-14)19-10-9-13-5-3-2-4-6-13/h2-8,11H,9-10,17H2,1H3. The molecule has 0 aliphatic rings. The molecule has 19 heavy (non-hydrogen) atoms. The maximum atomic E-state index is 11.2. The monoisotopic (exact) mass is 255 g/mol. The van der Waals surface area contributed by atoms with Gasteiger partial charge in [0.15, 0.2) is 5.78 Å². The molecule has 0 atom stereocenters. The summed E-state index contributed by atoms with van der Waals surface area (Å²) in [5.41, 5.74) is 8.19. The summed E-state index contributed by atoms with van der Waals surface area (Å²) >= 11 is 0. The highest BCUT2D eigenvalue weighted by Gasteiger charge is 2.05. The van der Waals surface area contributed by atoms with Crippen LogP contribution in [0.1, 0.15) is 22.8 Å². The van der Waals surface area contributed by atoms with Gasteiger partial charge in [-0.2, -0.15) is 0 Å². The van der Waals surface area contributed by atoms with Gasteiger partial charge in [0.05, 0.1) is 12.3 Å². The molecular formula is C16H17NO2. The fourth-order valence-electron chi connectivity index (χ4n) is 1.82. The number of Topliss-reactive ketones (excluding diaryl/α,β-unsaturated/α-hetero) is 1. The van der Waals surface area contributed by atoms with Gasteiger partial charge in [0.1, 0.15) is 5.75 Å². The Morgan fingerprint density at radius 2 is 1.89 bits per heavy atom. The van der Waals surface area contributed by atoms with Gasteiger partial charge in [0.25, 0.3) is 0 Å². The highest BCUT2D eigenvalue weighted by atomic mass is 16.5. The molecular weight excluding hydrogens is 238 g/mol. The number of rotatable bonds is 5. The highest BCUT2D eigenvalue weighted by molar-refractivity contribution is 5.95. The van der Waals surface area contributed by atoms with Crippen molar-refractivity contribution in [2.75, 3.05) is 12.3 Å². The van der Waals surface area contributed by atoms with E-state index >= 15 is 0 Å². The number of nitrogens with two attached hydrogens (primary N) is 1. The zero-order valence-electron chi connectivity index (χ0n) is 10.9. The number of hydrogen-bond acceptors (Lipinski definition) is 3. The zero-order valence-corrected chi connectivity index (χ0v) is 10.9. The molecule has 98 valence electrons. The van der Waals surface area contributed by atoms with Gasteiger partial charge < -0.3 is 10.5 Å². The average molecular weight is 255 g/mol. The third-order valence-electron chi connectivity index (χ3n) is 2.91. The van der Waals surface area contributed by atoms with Crippen LogP contribution in [-0.4, -0.2) is 12.4 Å². The van der Waals surface area contributed by atoms with Crippen LogP contribution < -0.4 is 10.5 Å². The Kier molecular flexibility index (Phi) is 4.18. The Morgan fingerprint density at radius 1 is 1.16 bits per heavy atom. The smallest absolute Gasteiger partial charge is 0.159 e. The lowest BCUT2D eigenvalue weighted by Gasteiger charge is -2.09. The van der Waals surface area contributed by atoms with Gasteiger partial charge in [0.2, 0.25) is 0 Å². The first kappa shape index (κ1) is 13.1. The molecule has 2 aromatic rings. The predicted octanol–water partition coefficient (Wildman–Crippen LogP) is 3.09. The minimum absolute atomic E-state index is 0.00235. The zero-order chi connectivity index (χ0) is 13.7. The van der Waals surface area contributed by atoms with E-state index < -0.39 is 0 Å². The number of ketones is 1. The lowest BCUT2D eigenvalue weighted by atomic mass is 10.1. The van der Waals surface area contributed by atoms with Gasteiger partial charge in [-0.15, -0.1) is 0 Å². The van der Waals surface area contributed by atoms with Crippen LogP contribution >= 0.6 is 0 Å². The van der Waals surface area contributed by atoms with E-state index in [0.29, 0.717) is 23.6 Å². The molecule has 3 nitrogen and oxygen atoms in total. The fraction of sp³-hybridized carbons (Fsp3) is 0.188. The second-order valence-electron chi connectivity index (χ2n) is 4.39. The topological polar surface area (TPSA) is 52.3 Å². The quantitative estimate of drug-likeness (QED) is 0.659. The Morgan fingerprint density at radius 3 is 2.53 bits per heavy atom. The second kappa shape index (κ2) is 6.05. The number of benzene rings is 2. The molecule has 0 unspecified atom stereocenters. The first-order chi connectivity index (χ1) is 9.16. The van der Waals surface area contributed by atoms with E-state index in [9.17, 15) is 4.79 Å². The van der Waals surface area contributed by atoms with Crippen LogP contribution in [-0.2, 0) is 6.42 Å². The maximum absolute atomic E-state index is 11.2. The minimum atomic E-state index is 0.00235. The first-order valence-corrected chi connectivity index (χ1v) is 6.24. The molecule has 0 aromatic heterocycles. The van der Waals surface area contributed by atoms with Gasteiger partial charge in [-0.1, -0.05) is 30.3 Å². The highest BCUT2D eigenvalue weighted by Crippen LogP contribution is 2.22. The van der Waals surface area contributed by atoms with Crippen LogP contribution in [0.3, 0.4) is 0 Å². The third kappa shape index (κ3) is 3.58. The fourth-order valence-corrected chi connectivity index (χ4v) is 1.82. The molecule has 2 rings (SSSR count). The van der Waals surface area contributed by atoms with Crippen LogP contribution in [0.5, 0.6) is 5.75 Å². The van der Waals surface area contributed by atoms with E-state index in [4.69, 9.17) is 10.5 Å². The number of ether oxygens (including phenoxy) is 1. The first-order valence-electron chi connectivity index (χ1n) is 6.24. The summed E-state index contributed by atoms with van der Waals surface area (Å²) in [5.74, 6) is 0.628. The molecule has 0 aliphatic heterocycles. The summed E-state index contributed by atoms with van der Waals surface area (Å²) in [4.78, 5) is 11.2. The van der Waals surface area contributed by atoms with Gasteiger partial charge in [0, 0.05) is 12.0 Å². The molecule has 3 heteroatoms. The second-order valence-corrected chi connectivity index (χ2v) is 4.39. The van der Waals surface area contributed by atoms with Crippen molar-refractivity contribution in [3.63, 3.8) is 0 Å². The van der Waals surface area contributed by atoms with E-state index in [1.807, 2.05) is 18.2 Å². The van der Waals surface area contributed by atoms with Crippen molar-refractivity contribution in [1.82, 2.24) is 0 Å². The van der Waals surface area contributed by atoms with Crippen molar-refractivity contribution in [3.8, 4) is 5.75 Å². The van der Waals surface area contributed by atoms with Gasteiger partial charge in [-0.05, 0) is 30.7 Å². The number of nitrogen functional groups attached to an aromatic ring is 1. The third-order valence-corrected chi connectivity index (χ3v) is 2.91. The number of hydrogen-bond donors (Lipinski definition) is 1. The molecule has 0 amide bonds. The van der Waals surface area contributed by atoms with Crippen molar-refractivity contribution in [2.24, 2.45) is 0 Å². The van der Waals surface area contributed by atoms with E-state index in [1.165, 1.54) is 12.5 Å². The Balaban J connectivity index is 1.95. The van der Waals surface area contributed by atoms with Crippen molar-refractivity contribution >= 4 is 11.5 Å². The molecule has 0 fully saturated rings. The van der Waals surface area contributed by atoms with E-state index in [1.54, 1.807) is 18.2 Å². The Bertz CT molecular complexity index is 564. The molecule has 0 bridgehead atoms. The van der Waals surface area contributed by atoms with Gasteiger partial charge in [-0.25, -0.2) is 0 Å². The van der Waals surface area contributed by atoms with Crippen molar-refractivity contribution in [1.29, 1.82) is 0 Å². The van der Waals surface area contributed by atoms with Gasteiger partial charge >= 0.3 is 0 Å². The van der Waals surface area contributed by atoms with Crippen LogP contribution in [0.25, 0.3) is 0 Å². The summed E-state index contributed by atoms with van der Waals surface area (Å²) in [7, 11) is 0. The lowest BCUT2D eigenvalue weighted by Crippen LogP contribution is -2.04. The maximum Gasteiger partial charge on any atom is 0.159 e. The molecule has 0 heterocycles. The lowest BCUT2D eigenvalue weighted by molar-refractivity contribution is 0.101. The summed E-state index contributed by atoms with van der Waals surface area (Å²) in [6, 6.07) is 15.3. The minimum Gasteiger partial charge on any atom is -0.491 e. The summed E-state index contributed by atoms with van der Waals surface area (Å²) in [5, 5.41) is 0. The molecule has 2 N–H and O–H groups in total. The Hall–Kier alpha value is -2.29. The van der Waals surface area contributed by atoms with Crippen molar-refractivity contribution in [3.05, 3.63) is 59.7 Å². The molecule has 0 radical (unpaired) electrons. The SMILES string of the molecule is CC(=O)c1ccc(OCCc2ccccc2)c(N)c1. The van der Waals surface area contributed by atoms with Crippen LogP contribution in [0, 0.1) is 0 Å². The normalized spacial score (nSPS) is 10.2. The predicted molar refractivity (Wildman–Crippen MR) is 76.5 cm³/mol. The number of carbonyl (C=O) groups is 1. The van der Waals surface area contributed by atoms with Crippen LogP contribution in [0.15, 0.2) is 48.5 Å². The van der Waals surface area contributed by atoms with E-state index in [-0.39, 0.29) is 5.78 Å². The van der Waals surface area contributed by atoms with Crippen molar-refractivity contribution in [2.45, 2.75) is 13.3 Å². The van der Waals surface area contributed by atoms with Crippen LogP contribution in [0.4, 0.5) is 5.69 Å². The molecule has 0 saturated carbocycles.